The highest BCUT2D eigenvalue weighted by Crippen LogP contribution is 2.04. The van der Waals surface area contributed by atoms with Crippen LogP contribution in [-0.2, 0) is 9.47 Å². The van der Waals surface area contributed by atoms with Crippen LogP contribution in [0.4, 0.5) is 0 Å². The summed E-state index contributed by atoms with van der Waals surface area (Å²) in [6.07, 6.45) is 0. The van der Waals surface area contributed by atoms with E-state index in [0.29, 0.717) is 22.8 Å². The number of rotatable bonds is 8. The first-order valence-electron chi connectivity index (χ1n) is 6.67. The third-order valence-corrected chi connectivity index (χ3v) is 2.69. The lowest BCUT2D eigenvalue weighted by Gasteiger charge is -2.09. The minimum absolute atomic E-state index is 0.0436. The van der Waals surface area contributed by atoms with Gasteiger partial charge in [-0.3, -0.25) is 10.9 Å². The van der Waals surface area contributed by atoms with Crippen molar-refractivity contribution in [2.24, 2.45) is 21.7 Å². The molecule has 6 N–H and O–H groups in total. The van der Waals surface area contributed by atoms with Gasteiger partial charge in [0.05, 0.1) is 24.6 Å². The van der Waals surface area contributed by atoms with Crippen LogP contribution in [0.5, 0.6) is 0 Å². The van der Waals surface area contributed by atoms with Gasteiger partial charge in [-0.25, -0.2) is 4.98 Å². The topological polar surface area (TPSA) is 132 Å². The van der Waals surface area contributed by atoms with E-state index in [4.69, 9.17) is 45.4 Å². The zero-order valence-electron chi connectivity index (χ0n) is 13.3. The zero-order valence-corrected chi connectivity index (χ0v) is 14.9. The monoisotopic (exact) mass is 369 g/mol. The van der Waals surface area contributed by atoms with Crippen molar-refractivity contribution in [2.75, 3.05) is 27.4 Å². The highest BCUT2D eigenvalue weighted by Gasteiger charge is 2.11. The molecule has 1 heterocycles. The first-order valence-corrected chi connectivity index (χ1v) is 7.49. The Bertz CT molecular complexity index is 598. The Morgan fingerprint density at radius 2 is 1.42 bits per heavy atom. The van der Waals surface area contributed by atoms with Crippen molar-refractivity contribution in [1.29, 1.82) is 0 Å². The molecule has 24 heavy (non-hydrogen) atoms. The van der Waals surface area contributed by atoms with Crippen LogP contribution in [0.2, 0.25) is 0 Å². The molecule has 0 unspecified atom stereocenters. The normalized spacial score (nSPS) is 11.9. The molecule has 0 spiro atoms. The van der Waals surface area contributed by atoms with Gasteiger partial charge in [0.1, 0.15) is 11.4 Å². The van der Waals surface area contributed by atoms with E-state index in [-0.39, 0.29) is 23.4 Å². The largest absolute Gasteiger partial charge is 0.378 e. The zero-order chi connectivity index (χ0) is 17.9. The number of thiocarbonyl (C=S) groups is 2. The van der Waals surface area contributed by atoms with Crippen LogP contribution >= 0.6 is 24.4 Å². The molecule has 9 nitrogen and oxygen atoms in total. The summed E-state index contributed by atoms with van der Waals surface area (Å²) in [5, 5.41) is 8.27. The molecular weight excluding hydrogens is 350 g/mol. The van der Waals surface area contributed by atoms with Gasteiger partial charge < -0.3 is 20.9 Å². The lowest BCUT2D eigenvalue weighted by Crippen LogP contribution is -2.28. The van der Waals surface area contributed by atoms with Crippen LogP contribution in [0.25, 0.3) is 0 Å². The average molecular weight is 369 g/mol. The molecule has 0 aromatic carbocycles. The second-order valence-corrected chi connectivity index (χ2v) is 5.22. The SMILES string of the molecule is COC/C(=N\NC(N)=S)c1cccc(/C(COC)=N\NC(N)=S)n1. The van der Waals surface area contributed by atoms with Gasteiger partial charge in [0.15, 0.2) is 10.2 Å². The standard InChI is InChI=1S/C13H19N7O2S2/c1-21-6-10(17-19-12(14)23)8-4-3-5-9(16-8)11(7-22-2)18-20-13(15)24/h3-5H,6-7H2,1-2H3,(H3,14,19,23)(H3,15,20,24)/b17-10-,18-11+. The van der Waals surface area contributed by atoms with Crippen LogP contribution in [-0.4, -0.2) is 54.1 Å². The summed E-state index contributed by atoms with van der Waals surface area (Å²) in [4.78, 5) is 4.50. The van der Waals surface area contributed by atoms with Gasteiger partial charge in [0, 0.05) is 14.2 Å². The third-order valence-electron chi connectivity index (χ3n) is 2.50. The van der Waals surface area contributed by atoms with Crippen molar-refractivity contribution in [2.45, 2.75) is 0 Å². The molecule has 1 aromatic rings. The number of hydrogen-bond donors (Lipinski definition) is 4. The molecule has 0 saturated carbocycles. The van der Waals surface area contributed by atoms with E-state index in [1.165, 1.54) is 0 Å². The Morgan fingerprint density at radius 3 is 1.75 bits per heavy atom. The third kappa shape index (κ3) is 6.91. The number of aromatic nitrogens is 1. The molecule has 0 aliphatic heterocycles. The maximum absolute atomic E-state index is 5.38. The maximum Gasteiger partial charge on any atom is 0.184 e. The van der Waals surface area contributed by atoms with E-state index in [9.17, 15) is 0 Å². The van der Waals surface area contributed by atoms with Crippen LogP contribution in [0.15, 0.2) is 28.4 Å². The van der Waals surface area contributed by atoms with E-state index in [2.05, 4.69) is 26.0 Å². The molecule has 1 rings (SSSR count). The summed E-state index contributed by atoms with van der Waals surface area (Å²) in [5.41, 5.74) is 18.0. The lowest BCUT2D eigenvalue weighted by molar-refractivity contribution is 0.244. The number of ether oxygens (including phenoxy) is 2. The van der Waals surface area contributed by atoms with E-state index < -0.39 is 0 Å². The average Bonchev–Trinajstić information content (AvgIpc) is 2.55. The molecular formula is C13H19N7O2S2. The summed E-state index contributed by atoms with van der Waals surface area (Å²) in [5.74, 6) is 0. The number of hydrazone groups is 2. The quantitative estimate of drug-likeness (QED) is 0.271. The second kappa shape index (κ2) is 10.5. The fourth-order valence-corrected chi connectivity index (χ4v) is 1.69. The Kier molecular flexibility index (Phi) is 8.71. The van der Waals surface area contributed by atoms with Gasteiger partial charge >= 0.3 is 0 Å². The van der Waals surface area contributed by atoms with Gasteiger partial charge in [-0.2, -0.15) is 10.2 Å². The van der Waals surface area contributed by atoms with Crippen molar-refractivity contribution in [3.63, 3.8) is 0 Å². The molecule has 0 aliphatic carbocycles. The Morgan fingerprint density at radius 1 is 1.00 bits per heavy atom. The van der Waals surface area contributed by atoms with Gasteiger partial charge in [0.2, 0.25) is 0 Å². The number of methoxy groups -OCH3 is 2. The molecule has 1 aromatic heterocycles. The Balaban J connectivity index is 3.16. The summed E-state index contributed by atoms with van der Waals surface area (Å²) in [6.45, 7) is 0.432. The van der Waals surface area contributed by atoms with Crippen molar-refractivity contribution >= 4 is 46.1 Å². The minimum atomic E-state index is 0.0436. The Labute approximate surface area is 150 Å². The van der Waals surface area contributed by atoms with Crippen LogP contribution in [0, 0.1) is 0 Å². The molecule has 0 atom stereocenters. The summed E-state index contributed by atoms with van der Waals surface area (Å²) < 4.78 is 10.2. The first kappa shape index (κ1) is 19.8. The van der Waals surface area contributed by atoms with E-state index in [1.54, 1.807) is 32.4 Å². The summed E-state index contributed by atoms with van der Waals surface area (Å²) in [6, 6.07) is 5.34. The van der Waals surface area contributed by atoms with Crippen molar-refractivity contribution in [3.8, 4) is 0 Å². The number of nitrogens with one attached hydrogen (secondary N) is 2. The summed E-state index contributed by atoms with van der Waals surface area (Å²) in [7, 11) is 3.09. The van der Waals surface area contributed by atoms with Crippen molar-refractivity contribution < 1.29 is 9.47 Å². The van der Waals surface area contributed by atoms with Crippen molar-refractivity contribution in [3.05, 3.63) is 29.6 Å². The van der Waals surface area contributed by atoms with Crippen LogP contribution in [0.1, 0.15) is 11.4 Å². The maximum atomic E-state index is 5.38. The fourth-order valence-electron chi connectivity index (χ4n) is 1.60. The molecule has 0 saturated heterocycles. The first-order chi connectivity index (χ1) is 11.5. The number of nitrogens with two attached hydrogens (primary N) is 2. The Hall–Kier alpha value is -2.21. The van der Waals surface area contributed by atoms with Crippen LogP contribution in [0.3, 0.4) is 0 Å². The van der Waals surface area contributed by atoms with E-state index in [0.717, 1.165) is 0 Å². The van der Waals surface area contributed by atoms with Gasteiger partial charge in [-0.1, -0.05) is 6.07 Å². The molecule has 130 valence electrons. The molecule has 0 radical (unpaired) electrons. The van der Waals surface area contributed by atoms with Gasteiger partial charge in [0.25, 0.3) is 0 Å². The number of nitrogens with zero attached hydrogens (tertiary/aromatic N) is 3. The van der Waals surface area contributed by atoms with Crippen LogP contribution < -0.4 is 22.3 Å². The van der Waals surface area contributed by atoms with Gasteiger partial charge in [-0.05, 0) is 36.6 Å². The smallest absolute Gasteiger partial charge is 0.184 e. The van der Waals surface area contributed by atoms with E-state index >= 15 is 0 Å². The second-order valence-electron chi connectivity index (χ2n) is 4.34. The highest BCUT2D eigenvalue weighted by molar-refractivity contribution is 7.80. The molecule has 0 amide bonds. The molecule has 0 bridgehead atoms. The number of hydrogen-bond acceptors (Lipinski definition) is 7. The minimum Gasteiger partial charge on any atom is -0.378 e. The molecule has 11 heteroatoms. The fraction of sp³-hybridized carbons (Fsp3) is 0.308. The van der Waals surface area contributed by atoms with E-state index in [1.807, 2.05) is 0 Å². The molecule has 0 aliphatic rings. The lowest BCUT2D eigenvalue weighted by atomic mass is 10.2. The summed E-state index contributed by atoms with van der Waals surface area (Å²) >= 11 is 9.48. The predicted molar refractivity (Wildman–Crippen MR) is 101 cm³/mol. The number of pyridine rings is 1. The van der Waals surface area contributed by atoms with Gasteiger partial charge in [-0.15, -0.1) is 0 Å². The molecule has 0 fully saturated rings. The highest BCUT2D eigenvalue weighted by atomic mass is 32.1. The predicted octanol–water partition coefficient (Wildman–Crippen LogP) is -0.551. The van der Waals surface area contributed by atoms with Crippen molar-refractivity contribution in [1.82, 2.24) is 15.8 Å².